The topological polar surface area (TPSA) is 20.3 Å². The van der Waals surface area contributed by atoms with Gasteiger partial charge in [-0.15, -0.1) is 0 Å². The third-order valence-corrected chi connectivity index (χ3v) is 4.54. The molecule has 72 valence electrons. The molecule has 1 saturated heterocycles. The van der Waals surface area contributed by atoms with Crippen molar-refractivity contribution in [2.45, 2.75) is 38.1 Å². The van der Waals surface area contributed by atoms with E-state index in [0.29, 0.717) is 17.9 Å². The van der Waals surface area contributed by atoms with Crippen molar-refractivity contribution in [1.82, 2.24) is 4.90 Å². The van der Waals surface area contributed by atoms with E-state index >= 15 is 0 Å². The van der Waals surface area contributed by atoms with Crippen LogP contribution in [0.3, 0.4) is 0 Å². The molecule has 1 amide bonds. The summed E-state index contributed by atoms with van der Waals surface area (Å²) in [6, 6.07) is 0.617. The Balaban J connectivity index is 1.78. The molecule has 2 heteroatoms. The highest BCUT2D eigenvalue weighted by atomic mass is 16.2. The van der Waals surface area contributed by atoms with Gasteiger partial charge in [0.15, 0.2) is 0 Å². The first-order valence-corrected chi connectivity index (χ1v) is 5.54. The highest BCUT2D eigenvalue weighted by Gasteiger charge is 2.51. The van der Waals surface area contributed by atoms with Gasteiger partial charge in [-0.3, -0.25) is 4.79 Å². The van der Waals surface area contributed by atoms with Gasteiger partial charge in [0.25, 0.3) is 0 Å². The lowest BCUT2D eigenvalue weighted by Crippen LogP contribution is -2.61. The molecule has 0 aromatic heterocycles. The molecule has 2 saturated carbocycles. The van der Waals surface area contributed by atoms with Crippen molar-refractivity contribution >= 4 is 5.91 Å². The second-order valence-corrected chi connectivity index (χ2v) is 5.05. The Morgan fingerprint density at radius 3 is 2.69 bits per heavy atom. The predicted molar refractivity (Wildman–Crippen MR) is 50.1 cm³/mol. The summed E-state index contributed by atoms with van der Waals surface area (Å²) >= 11 is 0. The standard InChI is InChI=1S/C11H17NO/c1-12-10-6-8-4-2-3-7(8)5-9(10)11(12)13/h7-10H,2-6H2,1H3. The molecule has 0 radical (unpaired) electrons. The van der Waals surface area contributed by atoms with Crippen molar-refractivity contribution in [2.75, 3.05) is 7.05 Å². The molecular formula is C11H17NO. The summed E-state index contributed by atoms with van der Waals surface area (Å²) in [5.41, 5.74) is 0. The maximum atomic E-state index is 11.5. The van der Waals surface area contributed by atoms with E-state index in [1.54, 1.807) is 0 Å². The van der Waals surface area contributed by atoms with Crippen LogP contribution in [0.4, 0.5) is 0 Å². The number of carbonyl (C=O) groups excluding carboxylic acids is 1. The monoisotopic (exact) mass is 179 g/mol. The van der Waals surface area contributed by atoms with Crippen molar-refractivity contribution in [1.29, 1.82) is 0 Å². The van der Waals surface area contributed by atoms with E-state index in [2.05, 4.69) is 0 Å². The third kappa shape index (κ3) is 0.918. The highest BCUT2D eigenvalue weighted by molar-refractivity contribution is 5.85. The molecule has 2 nitrogen and oxygen atoms in total. The lowest BCUT2D eigenvalue weighted by Gasteiger charge is -2.51. The Labute approximate surface area is 79.3 Å². The minimum absolute atomic E-state index is 0.412. The van der Waals surface area contributed by atoms with Gasteiger partial charge >= 0.3 is 0 Å². The lowest BCUT2D eigenvalue weighted by atomic mass is 9.68. The van der Waals surface area contributed by atoms with E-state index in [0.717, 1.165) is 11.8 Å². The van der Waals surface area contributed by atoms with Crippen LogP contribution in [0.15, 0.2) is 0 Å². The van der Waals surface area contributed by atoms with E-state index in [4.69, 9.17) is 0 Å². The summed E-state index contributed by atoms with van der Waals surface area (Å²) in [5, 5.41) is 0. The summed E-state index contributed by atoms with van der Waals surface area (Å²) in [5.74, 6) is 2.69. The molecule has 3 aliphatic rings. The molecule has 4 atom stereocenters. The molecule has 0 aromatic rings. The van der Waals surface area contributed by atoms with E-state index in [1.165, 1.54) is 32.1 Å². The number of β-lactam (4-membered cyclic amide) rings is 1. The summed E-state index contributed by atoms with van der Waals surface area (Å²) in [4.78, 5) is 13.5. The van der Waals surface area contributed by atoms with Gasteiger partial charge in [-0.2, -0.15) is 0 Å². The van der Waals surface area contributed by atoms with Crippen molar-refractivity contribution in [3.8, 4) is 0 Å². The number of hydrogen-bond donors (Lipinski definition) is 0. The molecule has 3 rings (SSSR count). The third-order valence-electron chi connectivity index (χ3n) is 4.54. The summed E-state index contributed by atoms with van der Waals surface area (Å²) in [7, 11) is 1.97. The average Bonchev–Trinajstić information content (AvgIpc) is 2.61. The fraction of sp³-hybridized carbons (Fsp3) is 0.909. The zero-order valence-corrected chi connectivity index (χ0v) is 8.20. The van der Waals surface area contributed by atoms with Gasteiger partial charge in [-0.05, 0) is 24.7 Å². The Morgan fingerprint density at radius 2 is 1.92 bits per heavy atom. The van der Waals surface area contributed by atoms with E-state index in [1.807, 2.05) is 11.9 Å². The zero-order chi connectivity index (χ0) is 9.00. The number of hydrogen-bond acceptors (Lipinski definition) is 1. The number of carbonyl (C=O) groups is 1. The molecule has 0 bridgehead atoms. The maximum Gasteiger partial charge on any atom is 0.227 e. The lowest BCUT2D eigenvalue weighted by molar-refractivity contribution is -0.159. The molecule has 4 unspecified atom stereocenters. The Bertz CT molecular complexity index is 250. The van der Waals surface area contributed by atoms with Crippen LogP contribution in [-0.2, 0) is 4.79 Å². The normalized spacial score (nSPS) is 48.4. The zero-order valence-electron chi connectivity index (χ0n) is 8.20. The molecule has 0 aromatic carbocycles. The quantitative estimate of drug-likeness (QED) is 0.518. The van der Waals surface area contributed by atoms with Gasteiger partial charge < -0.3 is 4.90 Å². The number of fused-ring (bicyclic) bond motifs is 2. The first-order valence-electron chi connectivity index (χ1n) is 5.54. The molecule has 0 spiro atoms. The SMILES string of the molecule is CN1C(=O)C2CC3CCCC3CC21. The number of nitrogens with zero attached hydrogens (tertiary/aromatic N) is 1. The fourth-order valence-electron chi connectivity index (χ4n) is 3.73. The molecule has 1 aliphatic heterocycles. The van der Waals surface area contributed by atoms with Crippen LogP contribution in [0, 0.1) is 17.8 Å². The largest absolute Gasteiger partial charge is 0.342 e. The van der Waals surface area contributed by atoms with Crippen LogP contribution in [-0.4, -0.2) is 23.9 Å². The molecule has 2 aliphatic carbocycles. The van der Waals surface area contributed by atoms with Crippen LogP contribution in [0.2, 0.25) is 0 Å². The van der Waals surface area contributed by atoms with E-state index in [-0.39, 0.29) is 0 Å². The van der Waals surface area contributed by atoms with Gasteiger partial charge in [0.2, 0.25) is 5.91 Å². The summed E-state index contributed by atoms with van der Waals surface area (Å²) < 4.78 is 0. The van der Waals surface area contributed by atoms with Crippen molar-refractivity contribution in [2.24, 2.45) is 17.8 Å². The first-order chi connectivity index (χ1) is 6.27. The van der Waals surface area contributed by atoms with Gasteiger partial charge in [-0.25, -0.2) is 0 Å². The van der Waals surface area contributed by atoms with Crippen LogP contribution in [0.5, 0.6) is 0 Å². The maximum absolute atomic E-state index is 11.5. The smallest absolute Gasteiger partial charge is 0.227 e. The summed E-state index contributed by atoms with van der Waals surface area (Å²) in [6.45, 7) is 0. The van der Waals surface area contributed by atoms with E-state index in [9.17, 15) is 4.79 Å². The molecule has 13 heavy (non-hydrogen) atoms. The molecule has 0 N–H and O–H groups in total. The van der Waals surface area contributed by atoms with Crippen molar-refractivity contribution < 1.29 is 4.79 Å². The molecule has 1 heterocycles. The number of rotatable bonds is 0. The Hall–Kier alpha value is -0.530. The average molecular weight is 179 g/mol. The first kappa shape index (κ1) is 7.84. The van der Waals surface area contributed by atoms with Gasteiger partial charge in [0.05, 0.1) is 5.92 Å². The minimum atomic E-state index is 0.412. The second kappa shape index (κ2) is 2.49. The Kier molecular flexibility index (Phi) is 1.50. The van der Waals surface area contributed by atoms with Crippen LogP contribution < -0.4 is 0 Å². The van der Waals surface area contributed by atoms with Gasteiger partial charge in [-0.1, -0.05) is 19.3 Å². The van der Waals surface area contributed by atoms with Crippen molar-refractivity contribution in [3.05, 3.63) is 0 Å². The Morgan fingerprint density at radius 1 is 1.23 bits per heavy atom. The summed E-state index contributed by atoms with van der Waals surface area (Å²) in [6.07, 6.45) is 6.74. The van der Waals surface area contributed by atoms with Crippen LogP contribution >= 0.6 is 0 Å². The molecular weight excluding hydrogens is 162 g/mol. The van der Waals surface area contributed by atoms with Crippen LogP contribution in [0.1, 0.15) is 32.1 Å². The highest BCUT2D eigenvalue weighted by Crippen LogP contribution is 2.49. The number of likely N-dealkylation sites (tertiary alicyclic amines) is 1. The fourth-order valence-corrected chi connectivity index (χ4v) is 3.73. The van der Waals surface area contributed by atoms with Crippen molar-refractivity contribution in [3.63, 3.8) is 0 Å². The van der Waals surface area contributed by atoms with E-state index < -0.39 is 0 Å². The number of amides is 1. The minimum Gasteiger partial charge on any atom is -0.342 e. The molecule has 3 fully saturated rings. The van der Waals surface area contributed by atoms with Gasteiger partial charge in [0.1, 0.15) is 0 Å². The van der Waals surface area contributed by atoms with Gasteiger partial charge in [0, 0.05) is 13.1 Å². The second-order valence-electron chi connectivity index (χ2n) is 5.05. The van der Waals surface area contributed by atoms with Crippen LogP contribution in [0.25, 0.3) is 0 Å². The predicted octanol–water partition coefficient (Wildman–Crippen LogP) is 1.65.